The molecule has 0 spiro atoms. The van der Waals surface area contributed by atoms with Gasteiger partial charge in [0.15, 0.2) is 9.84 Å². The fourth-order valence-corrected chi connectivity index (χ4v) is 6.10. The summed E-state index contributed by atoms with van der Waals surface area (Å²) >= 11 is 0. The number of para-hydroxylation sites is 1. The third kappa shape index (κ3) is 4.20. The maximum Gasteiger partial charge on any atom is 0.251 e. The van der Waals surface area contributed by atoms with Gasteiger partial charge in [-0.2, -0.15) is 0 Å². The molecule has 0 radical (unpaired) electrons. The van der Waals surface area contributed by atoms with Crippen molar-refractivity contribution in [1.29, 1.82) is 0 Å². The summed E-state index contributed by atoms with van der Waals surface area (Å²) < 4.78 is 30.4. The predicted molar refractivity (Wildman–Crippen MR) is 136 cm³/mol. The Hall–Kier alpha value is -3.82. The largest absolute Gasteiger partial charge is 0.376 e. The summed E-state index contributed by atoms with van der Waals surface area (Å²) in [5.41, 5.74) is 4.82. The molecule has 0 unspecified atom stereocenters. The zero-order valence-corrected chi connectivity index (χ0v) is 20.3. The van der Waals surface area contributed by atoms with E-state index in [1.165, 1.54) is 17.3 Å². The van der Waals surface area contributed by atoms with Gasteiger partial charge in [0.2, 0.25) is 0 Å². The number of amides is 1. The van der Waals surface area contributed by atoms with Crippen LogP contribution >= 0.6 is 0 Å². The van der Waals surface area contributed by atoms with Crippen LogP contribution in [0, 0.1) is 0 Å². The van der Waals surface area contributed by atoms with Gasteiger partial charge in [-0.25, -0.2) is 13.4 Å². The minimum atomic E-state index is -3.49. The lowest BCUT2D eigenvalue weighted by molar-refractivity contribution is 0.0950. The standard InChI is InChI=1S/C27H24N4O4S/c32-27(19-5-6-21-17-35-11-12-36(33,34)25(21)13-19)29-16-22-14-23-20(15-28-22)7-8-26(30-23)31-10-9-18-3-1-2-4-24(18)31/h1-8,13-15H,9-12,16-17H2,(H,29,32). The molecule has 1 amide bonds. The molecule has 0 fully saturated rings. The molecule has 2 aliphatic rings. The van der Waals surface area contributed by atoms with Crippen LogP contribution in [0.3, 0.4) is 0 Å². The van der Waals surface area contributed by atoms with Crippen LogP contribution in [0.15, 0.2) is 71.8 Å². The molecular formula is C27H24N4O4S. The second kappa shape index (κ2) is 9.00. The maximum atomic E-state index is 12.8. The third-order valence-electron chi connectivity index (χ3n) is 6.63. The van der Waals surface area contributed by atoms with E-state index in [0.29, 0.717) is 11.3 Å². The zero-order chi connectivity index (χ0) is 24.7. The Kier molecular flexibility index (Phi) is 5.66. The monoisotopic (exact) mass is 500 g/mol. The number of nitrogens with one attached hydrogen (secondary N) is 1. The fraction of sp³-hybridized carbons (Fsp3) is 0.222. The molecular weight excluding hydrogens is 476 g/mol. The summed E-state index contributed by atoms with van der Waals surface area (Å²) in [6.45, 7) is 1.44. The number of fused-ring (bicyclic) bond motifs is 3. The number of carbonyl (C=O) groups is 1. The van der Waals surface area contributed by atoms with Gasteiger partial charge in [0.25, 0.3) is 5.91 Å². The van der Waals surface area contributed by atoms with Crippen molar-refractivity contribution in [2.45, 2.75) is 24.5 Å². The number of carbonyl (C=O) groups excluding carboxylic acids is 1. The molecule has 1 N–H and O–H groups in total. The third-order valence-corrected chi connectivity index (χ3v) is 8.38. The zero-order valence-electron chi connectivity index (χ0n) is 19.5. The number of ether oxygens (including phenoxy) is 1. The van der Waals surface area contributed by atoms with E-state index in [1.54, 1.807) is 18.3 Å². The van der Waals surface area contributed by atoms with Crippen molar-refractivity contribution in [2.24, 2.45) is 0 Å². The highest BCUT2D eigenvalue weighted by Crippen LogP contribution is 2.34. The Morgan fingerprint density at radius 1 is 1.06 bits per heavy atom. The predicted octanol–water partition coefficient (Wildman–Crippen LogP) is 3.56. The van der Waals surface area contributed by atoms with Crippen LogP contribution in [-0.2, 0) is 34.1 Å². The minimum absolute atomic E-state index is 0.0932. The lowest BCUT2D eigenvalue weighted by atomic mass is 10.1. The molecule has 0 aliphatic carbocycles. The Morgan fingerprint density at radius 2 is 1.94 bits per heavy atom. The molecule has 0 bridgehead atoms. The van der Waals surface area contributed by atoms with Gasteiger partial charge in [0, 0.05) is 29.4 Å². The van der Waals surface area contributed by atoms with E-state index >= 15 is 0 Å². The van der Waals surface area contributed by atoms with Gasteiger partial charge < -0.3 is 15.0 Å². The van der Waals surface area contributed by atoms with Crippen LogP contribution in [0.1, 0.15) is 27.2 Å². The number of sulfone groups is 1. The highest BCUT2D eigenvalue weighted by atomic mass is 32.2. The van der Waals surface area contributed by atoms with Crippen molar-refractivity contribution in [3.63, 3.8) is 0 Å². The van der Waals surface area contributed by atoms with Crippen LogP contribution in [-0.4, -0.2) is 43.2 Å². The van der Waals surface area contributed by atoms with Crippen molar-refractivity contribution in [1.82, 2.24) is 15.3 Å². The van der Waals surface area contributed by atoms with Gasteiger partial charge in [-0.3, -0.25) is 9.78 Å². The molecule has 8 nitrogen and oxygen atoms in total. The molecule has 182 valence electrons. The van der Waals surface area contributed by atoms with Crippen molar-refractivity contribution in [3.05, 3.63) is 89.2 Å². The number of hydrogen-bond acceptors (Lipinski definition) is 7. The highest BCUT2D eigenvalue weighted by molar-refractivity contribution is 7.91. The van der Waals surface area contributed by atoms with Gasteiger partial charge in [-0.1, -0.05) is 24.3 Å². The second-order valence-corrected chi connectivity index (χ2v) is 11.0. The summed E-state index contributed by atoms with van der Waals surface area (Å²) in [4.78, 5) is 24.5. The number of aromatic nitrogens is 2. The van der Waals surface area contributed by atoms with Crippen LogP contribution in [0.2, 0.25) is 0 Å². The van der Waals surface area contributed by atoms with E-state index in [1.807, 2.05) is 24.3 Å². The normalized spacial score (nSPS) is 16.3. The SMILES string of the molecule is O=C(NCc1cc2nc(N3CCc4ccccc43)ccc2cn1)c1ccc2c(c1)S(=O)(=O)CCOC2. The Bertz CT molecular complexity index is 1600. The van der Waals surface area contributed by atoms with Crippen molar-refractivity contribution >= 4 is 38.2 Å². The summed E-state index contributed by atoms with van der Waals surface area (Å²) in [5, 5.41) is 3.76. The average molecular weight is 501 g/mol. The smallest absolute Gasteiger partial charge is 0.251 e. The summed E-state index contributed by atoms with van der Waals surface area (Å²) in [6, 6.07) is 18.9. The fourth-order valence-electron chi connectivity index (χ4n) is 4.71. The van der Waals surface area contributed by atoms with E-state index < -0.39 is 9.84 Å². The number of anilines is 2. The van der Waals surface area contributed by atoms with E-state index in [2.05, 4.69) is 33.4 Å². The number of hydrogen-bond donors (Lipinski definition) is 1. The lowest BCUT2D eigenvalue weighted by Crippen LogP contribution is -2.24. The number of nitrogens with zero attached hydrogens (tertiary/aromatic N) is 3. The Morgan fingerprint density at radius 3 is 2.86 bits per heavy atom. The summed E-state index contributed by atoms with van der Waals surface area (Å²) in [6.07, 6.45) is 2.74. The molecule has 0 saturated heterocycles. The van der Waals surface area contributed by atoms with Gasteiger partial charge >= 0.3 is 0 Å². The van der Waals surface area contributed by atoms with Gasteiger partial charge in [-0.15, -0.1) is 0 Å². The topological polar surface area (TPSA) is 101 Å². The first-order valence-corrected chi connectivity index (χ1v) is 13.5. The minimum Gasteiger partial charge on any atom is -0.376 e. The highest BCUT2D eigenvalue weighted by Gasteiger charge is 2.24. The summed E-state index contributed by atoms with van der Waals surface area (Å²) in [7, 11) is -3.49. The molecule has 9 heteroatoms. The van der Waals surface area contributed by atoms with E-state index in [9.17, 15) is 13.2 Å². The van der Waals surface area contributed by atoms with Crippen LogP contribution in [0.5, 0.6) is 0 Å². The first kappa shape index (κ1) is 22.6. The second-order valence-electron chi connectivity index (χ2n) is 8.94. The van der Waals surface area contributed by atoms with Gasteiger partial charge in [0.1, 0.15) is 5.82 Å². The van der Waals surface area contributed by atoms with Crippen LogP contribution < -0.4 is 10.2 Å². The number of rotatable bonds is 4. The number of benzene rings is 2. The molecule has 4 heterocycles. The Balaban J connectivity index is 1.21. The maximum absolute atomic E-state index is 12.8. The van der Waals surface area contributed by atoms with Crippen molar-refractivity contribution in [3.8, 4) is 0 Å². The van der Waals surface area contributed by atoms with Crippen molar-refractivity contribution in [2.75, 3.05) is 23.8 Å². The quantitative estimate of drug-likeness (QED) is 0.457. The van der Waals surface area contributed by atoms with E-state index in [-0.39, 0.29) is 41.9 Å². The van der Waals surface area contributed by atoms with Crippen molar-refractivity contribution < 1.29 is 17.9 Å². The molecule has 2 aromatic heterocycles. The molecule has 2 aromatic carbocycles. The van der Waals surface area contributed by atoms with Gasteiger partial charge in [0.05, 0.1) is 41.6 Å². The van der Waals surface area contributed by atoms with E-state index in [4.69, 9.17) is 9.72 Å². The first-order chi connectivity index (χ1) is 17.5. The first-order valence-electron chi connectivity index (χ1n) is 11.8. The van der Waals surface area contributed by atoms with Gasteiger partial charge in [-0.05, 0) is 53.9 Å². The lowest BCUT2D eigenvalue weighted by Gasteiger charge is -2.18. The molecule has 0 atom stereocenters. The molecule has 4 aromatic rings. The average Bonchev–Trinajstić information content (AvgIpc) is 3.27. The summed E-state index contributed by atoms with van der Waals surface area (Å²) in [5.74, 6) is 0.420. The van der Waals surface area contributed by atoms with E-state index in [0.717, 1.165) is 29.7 Å². The van der Waals surface area contributed by atoms with Crippen LogP contribution in [0.4, 0.5) is 11.5 Å². The van der Waals surface area contributed by atoms with Crippen LogP contribution in [0.25, 0.3) is 10.9 Å². The molecule has 6 rings (SSSR count). The number of pyridine rings is 2. The molecule has 0 saturated carbocycles. The Labute approximate surface area is 208 Å². The molecule has 36 heavy (non-hydrogen) atoms. The molecule has 2 aliphatic heterocycles.